The van der Waals surface area contributed by atoms with E-state index in [1.54, 1.807) is 0 Å². The van der Waals surface area contributed by atoms with Gasteiger partial charge in [-0.2, -0.15) is 0 Å². The van der Waals surface area contributed by atoms with Crippen molar-refractivity contribution in [2.45, 2.75) is 6.54 Å². The van der Waals surface area contributed by atoms with Crippen molar-refractivity contribution in [3.63, 3.8) is 0 Å². The number of hydrogen-bond donors (Lipinski definition) is 1. The van der Waals surface area contributed by atoms with Gasteiger partial charge < -0.3 is 5.32 Å². The van der Waals surface area contributed by atoms with Gasteiger partial charge in [0, 0.05) is 21.2 Å². The van der Waals surface area contributed by atoms with Gasteiger partial charge in [-0.25, -0.2) is 4.39 Å². The van der Waals surface area contributed by atoms with Crippen LogP contribution in [-0.2, 0) is 6.54 Å². The molecule has 0 aromatic heterocycles. The van der Waals surface area contributed by atoms with Crippen LogP contribution >= 0.6 is 43.5 Å². The zero-order valence-corrected chi connectivity index (χ0v) is 13.1. The third-order valence-corrected chi connectivity index (χ3v) is 4.03. The van der Waals surface area contributed by atoms with Crippen molar-refractivity contribution in [2.75, 3.05) is 5.32 Å². The van der Waals surface area contributed by atoms with Gasteiger partial charge in [-0.15, -0.1) is 0 Å². The second-order valence-corrected chi connectivity index (χ2v) is 5.94. The smallest absolute Gasteiger partial charge is 0.124 e. The number of hydrogen-bond acceptors (Lipinski definition) is 1. The lowest BCUT2D eigenvalue weighted by Gasteiger charge is -2.08. The maximum atomic E-state index is 13.2. The van der Waals surface area contributed by atoms with Crippen LogP contribution in [-0.4, -0.2) is 0 Å². The van der Waals surface area contributed by atoms with E-state index in [-0.39, 0.29) is 5.82 Å². The van der Waals surface area contributed by atoms with Gasteiger partial charge in [-0.3, -0.25) is 0 Å². The molecule has 1 N–H and O–H groups in total. The molecule has 0 radical (unpaired) electrons. The molecule has 18 heavy (non-hydrogen) atoms. The quantitative estimate of drug-likeness (QED) is 0.714. The molecule has 5 heteroatoms. The molecule has 0 spiro atoms. The lowest BCUT2D eigenvalue weighted by atomic mass is 10.2. The fourth-order valence-corrected chi connectivity index (χ4v) is 2.46. The van der Waals surface area contributed by atoms with Crippen LogP contribution in [0.4, 0.5) is 10.1 Å². The maximum Gasteiger partial charge on any atom is 0.124 e. The van der Waals surface area contributed by atoms with Gasteiger partial charge >= 0.3 is 0 Å². The van der Waals surface area contributed by atoms with Gasteiger partial charge in [0.15, 0.2) is 0 Å². The molecular weight excluding hydrogens is 384 g/mol. The Bertz CT molecular complexity index is 555. The van der Waals surface area contributed by atoms with Crippen LogP contribution in [0, 0.1) is 5.82 Å². The van der Waals surface area contributed by atoms with Crippen molar-refractivity contribution < 1.29 is 4.39 Å². The number of halogens is 4. The van der Waals surface area contributed by atoms with Gasteiger partial charge in [0.1, 0.15) is 5.82 Å². The van der Waals surface area contributed by atoms with Crippen LogP contribution in [0.5, 0.6) is 0 Å². The summed E-state index contributed by atoms with van der Waals surface area (Å²) < 4.78 is 14.8. The van der Waals surface area contributed by atoms with Crippen LogP contribution in [0.3, 0.4) is 0 Å². The van der Waals surface area contributed by atoms with Gasteiger partial charge in [0.2, 0.25) is 0 Å². The topological polar surface area (TPSA) is 12.0 Å². The number of anilines is 1. The molecule has 0 saturated carbocycles. The van der Waals surface area contributed by atoms with E-state index in [9.17, 15) is 4.39 Å². The predicted octanol–water partition coefficient (Wildman–Crippen LogP) is 5.62. The molecule has 2 aromatic carbocycles. The van der Waals surface area contributed by atoms with E-state index in [1.807, 2.05) is 24.3 Å². The average Bonchev–Trinajstić information content (AvgIpc) is 2.29. The first-order valence-electron chi connectivity index (χ1n) is 5.18. The fraction of sp³-hybridized carbons (Fsp3) is 0.0769. The number of rotatable bonds is 3. The van der Waals surface area contributed by atoms with Crippen molar-refractivity contribution in [2.24, 2.45) is 0 Å². The minimum atomic E-state index is -0.255. The first kappa shape index (κ1) is 13.8. The lowest BCUT2D eigenvalue weighted by molar-refractivity contribution is 0.625. The molecule has 0 heterocycles. The first-order chi connectivity index (χ1) is 8.54. The summed E-state index contributed by atoms with van der Waals surface area (Å²) in [4.78, 5) is 0. The molecule has 0 aliphatic carbocycles. The fourth-order valence-electron chi connectivity index (χ4n) is 1.52. The van der Waals surface area contributed by atoms with Crippen molar-refractivity contribution in [3.05, 3.63) is 61.7 Å². The highest BCUT2D eigenvalue weighted by molar-refractivity contribution is 9.10. The van der Waals surface area contributed by atoms with Crippen molar-refractivity contribution in [1.29, 1.82) is 0 Å². The average molecular weight is 393 g/mol. The molecule has 0 aliphatic rings. The first-order valence-corrected chi connectivity index (χ1v) is 7.15. The molecule has 0 aliphatic heterocycles. The molecule has 0 bridgehead atoms. The SMILES string of the molecule is Fc1cc(Br)cc(CNc2ccc(Br)c(Cl)c2)c1. The predicted molar refractivity (Wildman–Crippen MR) is 80.6 cm³/mol. The Labute approximate surface area is 127 Å². The van der Waals surface area contributed by atoms with E-state index in [1.165, 1.54) is 12.1 Å². The largest absolute Gasteiger partial charge is 0.381 e. The van der Waals surface area contributed by atoms with Crippen molar-refractivity contribution in [1.82, 2.24) is 0 Å². The van der Waals surface area contributed by atoms with E-state index < -0.39 is 0 Å². The number of benzene rings is 2. The Balaban J connectivity index is 2.08. The summed E-state index contributed by atoms with van der Waals surface area (Å²) in [6.45, 7) is 0.536. The van der Waals surface area contributed by atoms with E-state index in [4.69, 9.17) is 11.6 Å². The van der Waals surface area contributed by atoms with Crippen LogP contribution in [0.1, 0.15) is 5.56 Å². The summed E-state index contributed by atoms with van der Waals surface area (Å²) in [6, 6.07) is 10.4. The minimum absolute atomic E-state index is 0.255. The second-order valence-electron chi connectivity index (χ2n) is 3.76. The van der Waals surface area contributed by atoms with E-state index >= 15 is 0 Å². The van der Waals surface area contributed by atoms with Crippen LogP contribution in [0.25, 0.3) is 0 Å². The zero-order chi connectivity index (χ0) is 13.1. The van der Waals surface area contributed by atoms with E-state index in [0.29, 0.717) is 11.6 Å². The molecule has 0 fully saturated rings. The third kappa shape index (κ3) is 3.70. The lowest BCUT2D eigenvalue weighted by Crippen LogP contribution is -1.99. The molecule has 1 nitrogen and oxygen atoms in total. The van der Waals surface area contributed by atoms with Crippen molar-refractivity contribution >= 4 is 49.1 Å². The Hall–Kier alpha value is -0.580. The summed E-state index contributed by atoms with van der Waals surface area (Å²) in [5.41, 5.74) is 1.75. The normalized spacial score (nSPS) is 10.4. The zero-order valence-electron chi connectivity index (χ0n) is 9.18. The molecule has 0 unspecified atom stereocenters. The summed E-state index contributed by atoms with van der Waals surface area (Å²) in [6.07, 6.45) is 0. The van der Waals surface area contributed by atoms with Crippen molar-refractivity contribution in [3.8, 4) is 0 Å². The molecule has 0 amide bonds. The van der Waals surface area contributed by atoms with E-state index in [2.05, 4.69) is 37.2 Å². The molecule has 0 atom stereocenters. The molecule has 0 saturated heterocycles. The molecule has 94 valence electrons. The van der Waals surface area contributed by atoms with Gasteiger partial charge in [-0.05, 0) is 57.9 Å². The van der Waals surface area contributed by atoms with E-state index in [0.717, 1.165) is 20.2 Å². The highest BCUT2D eigenvalue weighted by Gasteiger charge is 2.01. The number of nitrogens with one attached hydrogen (secondary N) is 1. The maximum absolute atomic E-state index is 13.2. The standard InChI is InChI=1S/C13H9Br2ClFN/c14-9-3-8(4-10(17)5-9)7-18-11-1-2-12(15)13(16)6-11/h1-6,18H,7H2. The molecule has 2 rings (SSSR count). The Morgan fingerprint density at radius 3 is 2.56 bits per heavy atom. The summed E-state index contributed by atoms with van der Waals surface area (Å²) in [5, 5.41) is 3.83. The Morgan fingerprint density at radius 2 is 1.89 bits per heavy atom. The molecule has 2 aromatic rings. The monoisotopic (exact) mass is 391 g/mol. The van der Waals surface area contributed by atoms with Gasteiger partial charge in [-0.1, -0.05) is 27.5 Å². The highest BCUT2D eigenvalue weighted by Crippen LogP contribution is 2.26. The van der Waals surface area contributed by atoms with Crippen LogP contribution in [0.15, 0.2) is 45.3 Å². The highest BCUT2D eigenvalue weighted by atomic mass is 79.9. The molecular formula is C13H9Br2ClFN. The summed E-state index contributed by atoms with van der Waals surface area (Å²) in [7, 11) is 0. The minimum Gasteiger partial charge on any atom is -0.381 e. The van der Waals surface area contributed by atoms with Gasteiger partial charge in [0.25, 0.3) is 0 Å². The van der Waals surface area contributed by atoms with Crippen LogP contribution < -0.4 is 5.32 Å². The summed E-state index contributed by atoms with van der Waals surface area (Å²) in [5.74, 6) is -0.255. The third-order valence-electron chi connectivity index (χ3n) is 2.34. The van der Waals surface area contributed by atoms with Crippen LogP contribution in [0.2, 0.25) is 5.02 Å². The van der Waals surface area contributed by atoms with Gasteiger partial charge in [0.05, 0.1) is 5.02 Å². The summed E-state index contributed by atoms with van der Waals surface area (Å²) >= 11 is 12.6. The second kappa shape index (κ2) is 6.04. The Kier molecular flexibility index (Phi) is 4.65. The Morgan fingerprint density at radius 1 is 1.11 bits per heavy atom.